The Morgan fingerprint density at radius 1 is 1.06 bits per heavy atom. The first-order valence-electron chi connectivity index (χ1n) is 11.0. The normalized spacial score (nSPS) is 20.2. The van der Waals surface area contributed by atoms with Crippen molar-refractivity contribution >= 4 is 11.9 Å². The van der Waals surface area contributed by atoms with Gasteiger partial charge in [-0.05, 0) is 47.6 Å². The Labute approximate surface area is 189 Å². The van der Waals surface area contributed by atoms with Gasteiger partial charge in [0.1, 0.15) is 30.3 Å². The molecule has 1 amide bonds. The van der Waals surface area contributed by atoms with Gasteiger partial charge in [-0.3, -0.25) is 4.79 Å². The molecule has 0 atom stereocenters. The third-order valence-corrected chi connectivity index (χ3v) is 7.11. The van der Waals surface area contributed by atoms with E-state index in [1.54, 1.807) is 11.0 Å². The van der Waals surface area contributed by atoms with E-state index < -0.39 is 11.6 Å². The Bertz CT molecular complexity index is 1090. The third-order valence-electron chi connectivity index (χ3n) is 7.11. The van der Waals surface area contributed by atoms with Crippen LogP contribution < -0.4 is 0 Å². The molecular weight excluding hydrogens is 434 g/mol. The number of carbonyl (C=O) groups excluding carboxylic acids is 2. The summed E-state index contributed by atoms with van der Waals surface area (Å²) in [4.78, 5) is 28.1. The van der Waals surface area contributed by atoms with Gasteiger partial charge in [-0.15, -0.1) is 5.10 Å². The number of ether oxygens (including phenoxy) is 1. The molecule has 11 heteroatoms. The number of aromatic nitrogens is 4. The summed E-state index contributed by atoms with van der Waals surface area (Å²) in [5.41, 5.74) is 1.04. The number of amides is 1. The number of piperidine rings is 2. The lowest BCUT2D eigenvalue weighted by atomic mass is 9.71. The topological polar surface area (TPSA) is 93.5 Å². The number of hydrogen-bond acceptors (Lipinski definition) is 7. The number of hydrogen-bond donors (Lipinski definition) is 0. The molecule has 0 aliphatic carbocycles. The number of halogens is 2. The van der Waals surface area contributed by atoms with E-state index in [4.69, 9.17) is 4.74 Å². The van der Waals surface area contributed by atoms with Crippen LogP contribution >= 0.6 is 0 Å². The van der Waals surface area contributed by atoms with Crippen LogP contribution in [-0.2, 0) is 20.7 Å². The molecule has 3 aliphatic rings. The molecule has 4 heterocycles. The molecule has 5 rings (SSSR count). The summed E-state index contributed by atoms with van der Waals surface area (Å²) in [5, 5.41) is 10.4. The van der Waals surface area contributed by atoms with Crippen LogP contribution in [0, 0.1) is 17.0 Å². The maximum atomic E-state index is 14.6. The Balaban J connectivity index is 1.17. The summed E-state index contributed by atoms with van der Waals surface area (Å²) in [7, 11) is 0. The highest BCUT2D eigenvalue weighted by Gasteiger charge is 2.39. The largest absolute Gasteiger partial charge is 0.456 e. The van der Waals surface area contributed by atoms with Gasteiger partial charge in [0, 0.05) is 43.9 Å². The fourth-order valence-corrected chi connectivity index (χ4v) is 4.98. The van der Waals surface area contributed by atoms with Crippen molar-refractivity contribution in [3.05, 3.63) is 47.4 Å². The maximum absolute atomic E-state index is 14.6. The molecule has 3 aliphatic heterocycles. The zero-order chi connectivity index (χ0) is 23.0. The average Bonchev–Trinajstić information content (AvgIpc) is 3.49. The first-order valence-corrected chi connectivity index (χ1v) is 11.0. The van der Waals surface area contributed by atoms with Gasteiger partial charge >= 0.3 is 5.97 Å². The Morgan fingerprint density at radius 2 is 1.79 bits per heavy atom. The van der Waals surface area contributed by atoms with Gasteiger partial charge in [0.05, 0.1) is 12.1 Å². The van der Waals surface area contributed by atoms with Crippen LogP contribution in [0.15, 0.2) is 30.2 Å². The first kappa shape index (κ1) is 21.5. The lowest BCUT2D eigenvalue weighted by Gasteiger charge is -2.47. The molecule has 0 radical (unpaired) electrons. The first-order chi connectivity index (χ1) is 15.9. The van der Waals surface area contributed by atoms with E-state index in [2.05, 4.69) is 20.4 Å². The molecule has 2 fully saturated rings. The number of likely N-dealkylation sites (tertiary alicyclic amines) is 2. The van der Waals surface area contributed by atoms with Gasteiger partial charge in [-0.2, -0.15) is 4.68 Å². The molecule has 0 N–H and O–H groups in total. The highest BCUT2D eigenvalue weighted by Crippen LogP contribution is 2.42. The number of benzene rings is 1. The Morgan fingerprint density at radius 3 is 2.42 bits per heavy atom. The van der Waals surface area contributed by atoms with Crippen LogP contribution in [0.1, 0.15) is 31.2 Å². The monoisotopic (exact) mass is 458 g/mol. The molecule has 9 nitrogen and oxygen atoms in total. The average molecular weight is 458 g/mol. The standard InChI is InChI=1S/C22H24F2N6O3/c23-17-12-19(30-14-25-26-27-30)18(24)9-15(17)10-20(31)29-7-3-22(4-8-29)1-5-28(6-2-22)16-11-21(32)33-13-16/h9,11-12,14H,1-8,10,13H2. The summed E-state index contributed by atoms with van der Waals surface area (Å²) in [5.74, 6) is -1.85. The minimum absolute atomic E-state index is 0.0181. The highest BCUT2D eigenvalue weighted by molar-refractivity contribution is 5.85. The SMILES string of the molecule is O=C1C=C(N2CCC3(CCN(C(=O)Cc4cc(F)c(-n5cnnn5)cc4F)CC3)CC2)CO1. The van der Waals surface area contributed by atoms with E-state index in [0.717, 1.165) is 61.3 Å². The highest BCUT2D eigenvalue weighted by atomic mass is 19.1. The summed E-state index contributed by atoms with van der Waals surface area (Å²) in [6, 6.07) is 2.04. The molecule has 1 spiro atoms. The van der Waals surface area contributed by atoms with Crippen molar-refractivity contribution in [1.82, 2.24) is 30.0 Å². The second-order valence-corrected chi connectivity index (χ2v) is 8.94. The zero-order valence-corrected chi connectivity index (χ0v) is 18.0. The number of rotatable bonds is 4. The van der Waals surface area contributed by atoms with Gasteiger partial charge < -0.3 is 14.5 Å². The minimum atomic E-state index is -0.694. The number of carbonyl (C=O) groups is 2. The molecule has 1 aromatic heterocycles. The van der Waals surface area contributed by atoms with Gasteiger partial charge in [0.25, 0.3) is 0 Å². The van der Waals surface area contributed by atoms with Crippen molar-refractivity contribution in [1.29, 1.82) is 0 Å². The maximum Gasteiger partial charge on any atom is 0.333 e. The minimum Gasteiger partial charge on any atom is -0.456 e. The van der Waals surface area contributed by atoms with Gasteiger partial charge in [0.2, 0.25) is 5.91 Å². The number of esters is 1. The molecule has 1 aromatic carbocycles. The quantitative estimate of drug-likeness (QED) is 0.643. The molecule has 2 saturated heterocycles. The predicted octanol–water partition coefficient (Wildman–Crippen LogP) is 1.63. The predicted molar refractivity (Wildman–Crippen MR) is 111 cm³/mol. The van der Waals surface area contributed by atoms with Crippen LogP contribution in [-0.4, -0.2) is 74.7 Å². The summed E-state index contributed by atoms with van der Waals surface area (Å²) >= 11 is 0. The summed E-state index contributed by atoms with van der Waals surface area (Å²) < 4.78 is 35.1. The molecular formula is C22H24F2N6O3. The van der Waals surface area contributed by atoms with Crippen molar-refractivity contribution in [2.45, 2.75) is 32.1 Å². The molecule has 33 heavy (non-hydrogen) atoms. The van der Waals surface area contributed by atoms with Crippen molar-refractivity contribution in [3.8, 4) is 5.69 Å². The van der Waals surface area contributed by atoms with E-state index in [0.29, 0.717) is 19.7 Å². The van der Waals surface area contributed by atoms with Gasteiger partial charge in [-0.25, -0.2) is 13.6 Å². The van der Waals surface area contributed by atoms with Crippen molar-refractivity contribution in [3.63, 3.8) is 0 Å². The fourth-order valence-electron chi connectivity index (χ4n) is 4.98. The van der Waals surface area contributed by atoms with E-state index in [-0.39, 0.29) is 35.0 Å². The van der Waals surface area contributed by atoms with Crippen molar-refractivity contribution in [2.24, 2.45) is 5.41 Å². The summed E-state index contributed by atoms with van der Waals surface area (Å²) in [6.45, 7) is 3.30. The Kier molecular flexibility index (Phi) is 5.55. The van der Waals surface area contributed by atoms with Crippen LogP contribution in [0.4, 0.5) is 8.78 Å². The van der Waals surface area contributed by atoms with Crippen LogP contribution in [0.2, 0.25) is 0 Å². The van der Waals surface area contributed by atoms with E-state index >= 15 is 0 Å². The van der Waals surface area contributed by atoms with Crippen molar-refractivity contribution < 1.29 is 23.1 Å². The van der Waals surface area contributed by atoms with Crippen LogP contribution in [0.3, 0.4) is 0 Å². The second-order valence-electron chi connectivity index (χ2n) is 8.94. The van der Waals surface area contributed by atoms with Gasteiger partial charge in [-0.1, -0.05) is 0 Å². The molecule has 0 bridgehead atoms. The molecule has 174 valence electrons. The van der Waals surface area contributed by atoms with Gasteiger partial charge in [0.15, 0.2) is 0 Å². The molecule has 0 saturated carbocycles. The van der Waals surface area contributed by atoms with Crippen LogP contribution in [0.25, 0.3) is 5.69 Å². The van der Waals surface area contributed by atoms with Crippen LogP contribution in [0.5, 0.6) is 0 Å². The number of cyclic esters (lactones) is 1. The molecule has 0 unspecified atom stereocenters. The zero-order valence-electron chi connectivity index (χ0n) is 18.0. The van der Waals surface area contributed by atoms with E-state index in [1.807, 2.05) is 0 Å². The second kappa shape index (κ2) is 8.53. The summed E-state index contributed by atoms with van der Waals surface area (Å²) in [6.07, 6.45) is 6.32. The Hall–Kier alpha value is -3.37. The smallest absolute Gasteiger partial charge is 0.333 e. The van der Waals surface area contributed by atoms with E-state index in [9.17, 15) is 18.4 Å². The van der Waals surface area contributed by atoms with E-state index in [1.165, 1.54) is 6.33 Å². The molecule has 2 aromatic rings. The number of tetrazole rings is 1. The van der Waals surface area contributed by atoms with Crippen molar-refractivity contribution in [2.75, 3.05) is 32.8 Å². The third kappa shape index (κ3) is 4.31. The lowest BCUT2D eigenvalue weighted by molar-refractivity contribution is -0.135. The fraction of sp³-hybridized carbons (Fsp3) is 0.500. The number of nitrogens with zero attached hydrogens (tertiary/aromatic N) is 6. The lowest BCUT2D eigenvalue weighted by Crippen LogP contribution is -2.48.